The zero-order chi connectivity index (χ0) is 13.0. The van der Waals surface area contributed by atoms with Crippen molar-refractivity contribution in [2.24, 2.45) is 24.8 Å². The fraction of sp³-hybridized carbons (Fsp3) is 0.800. The molecule has 1 N–H and O–H groups in total. The van der Waals surface area contributed by atoms with E-state index in [1.807, 2.05) is 12.4 Å². The molecule has 3 nitrogen and oxygen atoms in total. The van der Waals surface area contributed by atoms with E-state index in [0.29, 0.717) is 0 Å². The Bertz CT molecular complexity index is 358. The molecule has 1 aromatic rings. The summed E-state index contributed by atoms with van der Waals surface area (Å²) >= 11 is 0. The minimum Gasteiger partial charge on any atom is -0.338 e. The van der Waals surface area contributed by atoms with E-state index in [9.17, 15) is 0 Å². The third-order valence-corrected chi connectivity index (χ3v) is 4.53. The lowest BCUT2D eigenvalue weighted by Crippen LogP contribution is -2.31. The Labute approximate surface area is 111 Å². The summed E-state index contributed by atoms with van der Waals surface area (Å²) in [5.74, 6) is 3.88. The second-order valence-electron chi connectivity index (χ2n) is 5.99. The third-order valence-electron chi connectivity index (χ3n) is 4.53. The average molecular weight is 249 g/mol. The zero-order valence-corrected chi connectivity index (χ0v) is 12.0. The van der Waals surface area contributed by atoms with E-state index in [4.69, 9.17) is 0 Å². The summed E-state index contributed by atoms with van der Waals surface area (Å²) in [5, 5.41) is 3.37. The van der Waals surface area contributed by atoms with Crippen molar-refractivity contribution < 1.29 is 0 Å². The molecule has 1 aliphatic carbocycles. The van der Waals surface area contributed by atoms with E-state index in [1.54, 1.807) is 0 Å². The standard InChI is InChI=1S/C15H27N3/c1-12-4-5-14(11-16-2)13(10-12)6-7-15-17-8-9-18(15)3/h8-9,12-14,16H,4-7,10-11H2,1-3H3. The topological polar surface area (TPSA) is 29.9 Å². The minimum atomic E-state index is 0.867. The van der Waals surface area contributed by atoms with Gasteiger partial charge >= 0.3 is 0 Å². The fourth-order valence-electron chi connectivity index (χ4n) is 3.40. The molecule has 1 aromatic heterocycles. The van der Waals surface area contributed by atoms with Crippen LogP contribution < -0.4 is 5.32 Å². The highest BCUT2D eigenvalue weighted by molar-refractivity contribution is 4.92. The van der Waals surface area contributed by atoms with Crippen LogP contribution in [0.25, 0.3) is 0 Å². The van der Waals surface area contributed by atoms with Crippen molar-refractivity contribution >= 4 is 0 Å². The Balaban J connectivity index is 1.90. The lowest BCUT2D eigenvalue weighted by Gasteiger charge is -2.35. The molecule has 102 valence electrons. The minimum absolute atomic E-state index is 0.867. The molecule has 0 aromatic carbocycles. The quantitative estimate of drug-likeness (QED) is 0.869. The van der Waals surface area contributed by atoms with E-state index in [2.05, 4.69) is 35.9 Å². The van der Waals surface area contributed by atoms with Crippen LogP contribution in [0.15, 0.2) is 12.4 Å². The Hall–Kier alpha value is -0.830. The van der Waals surface area contributed by atoms with E-state index < -0.39 is 0 Å². The van der Waals surface area contributed by atoms with Crippen LogP contribution in [-0.2, 0) is 13.5 Å². The third kappa shape index (κ3) is 3.35. The molecule has 1 saturated carbocycles. The lowest BCUT2D eigenvalue weighted by atomic mass is 9.72. The fourth-order valence-corrected chi connectivity index (χ4v) is 3.40. The van der Waals surface area contributed by atoms with Gasteiger partial charge in [0.05, 0.1) is 0 Å². The van der Waals surface area contributed by atoms with Gasteiger partial charge in [-0.1, -0.05) is 13.3 Å². The number of hydrogen-bond acceptors (Lipinski definition) is 2. The van der Waals surface area contributed by atoms with Gasteiger partial charge in [-0.2, -0.15) is 0 Å². The molecule has 0 radical (unpaired) electrons. The lowest BCUT2D eigenvalue weighted by molar-refractivity contribution is 0.176. The Kier molecular flexibility index (Phi) is 4.81. The van der Waals surface area contributed by atoms with Crippen LogP contribution in [0.1, 0.15) is 38.4 Å². The predicted octanol–water partition coefficient (Wildman–Crippen LogP) is 2.62. The summed E-state index contributed by atoms with van der Waals surface area (Å²) < 4.78 is 2.15. The monoisotopic (exact) mass is 249 g/mol. The van der Waals surface area contributed by atoms with Gasteiger partial charge in [-0.3, -0.25) is 0 Å². The summed E-state index contributed by atoms with van der Waals surface area (Å²) in [6, 6.07) is 0. The second kappa shape index (κ2) is 6.37. The highest BCUT2D eigenvalue weighted by Gasteiger charge is 2.27. The van der Waals surface area contributed by atoms with Crippen molar-refractivity contribution in [3.05, 3.63) is 18.2 Å². The number of hydrogen-bond donors (Lipinski definition) is 1. The molecule has 1 fully saturated rings. The van der Waals surface area contributed by atoms with Gasteiger partial charge < -0.3 is 9.88 Å². The normalized spacial score (nSPS) is 28.5. The number of nitrogens with one attached hydrogen (secondary N) is 1. The van der Waals surface area contributed by atoms with Crippen LogP contribution in [0, 0.1) is 17.8 Å². The molecule has 0 aliphatic heterocycles. The molecule has 3 unspecified atom stereocenters. The molecule has 2 rings (SSSR count). The maximum Gasteiger partial charge on any atom is 0.108 e. The number of rotatable bonds is 5. The van der Waals surface area contributed by atoms with Crippen molar-refractivity contribution in [2.45, 2.75) is 39.0 Å². The van der Waals surface area contributed by atoms with Gasteiger partial charge in [0.15, 0.2) is 0 Å². The first-order valence-electron chi connectivity index (χ1n) is 7.31. The number of aryl methyl sites for hydroxylation is 2. The maximum absolute atomic E-state index is 4.44. The van der Waals surface area contributed by atoms with Crippen LogP contribution in [0.4, 0.5) is 0 Å². The van der Waals surface area contributed by atoms with Gasteiger partial charge in [0.25, 0.3) is 0 Å². The molecule has 1 aliphatic rings. The molecule has 1 heterocycles. The Morgan fingerprint density at radius 2 is 2.22 bits per heavy atom. The van der Waals surface area contributed by atoms with Crippen LogP contribution in [0.5, 0.6) is 0 Å². The molecule has 3 atom stereocenters. The average Bonchev–Trinajstić information content (AvgIpc) is 2.75. The van der Waals surface area contributed by atoms with E-state index in [0.717, 1.165) is 24.2 Å². The SMILES string of the molecule is CNCC1CCC(C)CC1CCc1nccn1C. The van der Waals surface area contributed by atoms with Crippen LogP contribution in [-0.4, -0.2) is 23.1 Å². The highest BCUT2D eigenvalue weighted by Crippen LogP contribution is 2.35. The van der Waals surface area contributed by atoms with Gasteiger partial charge in [-0.05, 0) is 50.6 Å². The molecule has 0 amide bonds. The first kappa shape index (κ1) is 13.6. The van der Waals surface area contributed by atoms with Gasteiger partial charge in [0.1, 0.15) is 5.82 Å². The zero-order valence-electron chi connectivity index (χ0n) is 12.0. The van der Waals surface area contributed by atoms with Crippen molar-refractivity contribution in [3.63, 3.8) is 0 Å². The van der Waals surface area contributed by atoms with Crippen LogP contribution >= 0.6 is 0 Å². The molecule has 0 spiro atoms. The molecule has 3 heteroatoms. The molecular formula is C15H27N3. The molecule has 0 saturated heterocycles. The summed E-state index contributed by atoms with van der Waals surface area (Å²) in [6.45, 7) is 3.58. The van der Waals surface area contributed by atoms with Crippen molar-refractivity contribution in [1.82, 2.24) is 14.9 Å². The first-order valence-corrected chi connectivity index (χ1v) is 7.31. The first-order chi connectivity index (χ1) is 8.70. The Morgan fingerprint density at radius 3 is 2.89 bits per heavy atom. The van der Waals surface area contributed by atoms with Crippen molar-refractivity contribution in [1.29, 1.82) is 0 Å². The smallest absolute Gasteiger partial charge is 0.108 e. The predicted molar refractivity (Wildman–Crippen MR) is 75.5 cm³/mol. The highest BCUT2D eigenvalue weighted by atomic mass is 15.0. The van der Waals surface area contributed by atoms with E-state index in [-0.39, 0.29) is 0 Å². The van der Waals surface area contributed by atoms with Gasteiger partial charge in [-0.25, -0.2) is 4.98 Å². The van der Waals surface area contributed by atoms with Crippen LogP contribution in [0.2, 0.25) is 0 Å². The molecular weight excluding hydrogens is 222 g/mol. The van der Waals surface area contributed by atoms with Crippen molar-refractivity contribution in [3.8, 4) is 0 Å². The van der Waals surface area contributed by atoms with E-state index in [1.165, 1.54) is 38.1 Å². The Morgan fingerprint density at radius 1 is 1.39 bits per heavy atom. The van der Waals surface area contributed by atoms with Gasteiger partial charge in [-0.15, -0.1) is 0 Å². The van der Waals surface area contributed by atoms with Crippen molar-refractivity contribution in [2.75, 3.05) is 13.6 Å². The summed E-state index contributed by atoms with van der Waals surface area (Å²) in [5.41, 5.74) is 0. The van der Waals surface area contributed by atoms with Gasteiger partial charge in [0.2, 0.25) is 0 Å². The number of aromatic nitrogens is 2. The van der Waals surface area contributed by atoms with Crippen LogP contribution in [0.3, 0.4) is 0 Å². The van der Waals surface area contributed by atoms with E-state index >= 15 is 0 Å². The van der Waals surface area contributed by atoms with Gasteiger partial charge in [0, 0.05) is 25.9 Å². The molecule has 18 heavy (non-hydrogen) atoms. The second-order valence-corrected chi connectivity index (χ2v) is 5.99. The largest absolute Gasteiger partial charge is 0.338 e. The number of nitrogens with zero attached hydrogens (tertiary/aromatic N) is 2. The summed E-state index contributed by atoms with van der Waals surface area (Å²) in [6.07, 6.45) is 10.6. The maximum atomic E-state index is 4.44. The summed E-state index contributed by atoms with van der Waals surface area (Å²) in [4.78, 5) is 4.44. The summed E-state index contributed by atoms with van der Waals surface area (Å²) in [7, 11) is 4.17. The molecule has 0 bridgehead atoms. The number of imidazole rings is 1.